The van der Waals surface area contributed by atoms with E-state index in [0.717, 1.165) is 27.9 Å². The molecule has 0 aliphatic heterocycles. The highest BCUT2D eigenvalue weighted by Crippen LogP contribution is 2.30. The lowest BCUT2D eigenvalue weighted by Gasteiger charge is -2.00. The molecule has 0 saturated heterocycles. The predicted octanol–water partition coefficient (Wildman–Crippen LogP) is 6.83. The third-order valence-corrected chi connectivity index (χ3v) is 7.66. The maximum Gasteiger partial charge on any atom is 0.260 e. The largest absolute Gasteiger partial charge is 0.268 e. The van der Waals surface area contributed by atoms with Crippen LogP contribution in [-0.4, -0.2) is 14.0 Å². The van der Waals surface area contributed by atoms with Gasteiger partial charge in [-0.3, -0.25) is 8.75 Å². The fraction of sp³-hybridized carbons (Fsp3) is 0.450. The lowest BCUT2D eigenvalue weighted by molar-refractivity contribution is 0.569. The number of hydrogen-bond acceptors (Lipinski definition) is 7. The summed E-state index contributed by atoms with van der Waals surface area (Å²) in [6.45, 7) is 3.13. The van der Waals surface area contributed by atoms with Crippen LogP contribution < -0.4 is 5.56 Å². The number of hydrogen-bond donors (Lipinski definition) is 0. The van der Waals surface area contributed by atoms with Gasteiger partial charge in [-0.25, -0.2) is 4.98 Å². The van der Waals surface area contributed by atoms with Gasteiger partial charge in [0.1, 0.15) is 5.40 Å². The van der Waals surface area contributed by atoms with Gasteiger partial charge < -0.3 is 0 Å². The van der Waals surface area contributed by atoms with Crippen LogP contribution in [0, 0.1) is 10.7 Å². The Morgan fingerprint density at radius 1 is 1.14 bits per heavy atom. The van der Waals surface area contributed by atoms with E-state index in [0.29, 0.717) is 0 Å². The number of thiazole rings is 1. The summed E-state index contributed by atoms with van der Waals surface area (Å²) >= 11 is 6.07. The van der Waals surface area contributed by atoms with E-state index in [2.05, 4.69) is 18.0 Å². The summed E-state index contributed by atoms with van der Waals surface area (Å²) < 4.78 is 4.07. The molecule has 8 heteroatoms. The van der Waals surface area contributed by atoms with Crippen molar-refractivity contribution in [3.8, 4) is 5.40 Å². The third-order valence-electron chi connectivity index (χ3n) is 3.94. The van der Waals surface area contributed by atoms with Gasteiger partial charge >= 0.3 is 0 Å². The second kappa shape index (κ2) is 13.8. The number of aryl methyl sites for hydroxylation is 1. The molecule has 0 spiro atoms. The van der Waals surface area contributed by atoms with Crippen molar-refractivity contribution in [2.24, 2.45) is 0 Å². The molecule has 28 heavy (non-hydrogen) atoms. The molecule has 0 saturated carbocycles. The fourth-order valence-electron chi connectivity index (χ4n) is 2.51. The van der Waals surface area contributed by atoms with E-state index in [9.17, 15) is 4.79 Å². The van der Waals surface area contributed by atoms with Crippen molar-refractivity contribution in [3.63, 3.8) is 0 Å². The van der Waals surface area contributed by atoms with Crippen LogP contribution in [0.1, 0.15) is 45.4 Å². The van der Waals surface area contributed by atoms with E-state index in [1.54, 1.807) is 29.2 Å². The van der Waals surface area contributed by atoms with E-state index in [1.165, 1.54) is 60.1 Å². The van der Waals surface area contributed by atoms with Gasteiger partial charge in [0.15, 0.2) is 4.34 Å². The van der Waals surface area contributed by atoms with Gasteiger partial charge in [0.05, 0.1) is 15.3 Å². The average molecular weight is 452 g/mol. The summed E-state index contributed by atoms with van der Waals surface area (Å²) in [5.41, 5.74) is 1.20. The SMILES string of the molecule is CCCCCCCCn1sccc1=O.N#CSCSc1nc2ccccc2s1. The van der Waals surface area contributed by atoms with Crippen LogP contribution >= 0.6 is 46.4 Å². The number of nitriles is 1. The van der Waals surface area contributed by atoms with Crippen molar-refractivity contribution in [3.05, 3.63) is 46.1 Å². The molecule has 0 N–H and O–H groups in total. The first-order valence-electron chi connectivity index (χ1n) is 9.38. The fourth-order valence-corrected chi connectivity index (χ4v) is 5.89. The molecule has 0 radical (unpaired) electrons. The normalized spacial score (nSPS) is 10.4. The van der Waals surface area contributed by atoms with Crippen LogP contribution in [-0.2, 0) is 6.54 Å². The first-order valence-corrected chi connectivity index (χ1v) is 13.0. The zero-order chi connectivity index (χ0) is 20.0. The number of thioether (sulfide) groups is 2. The molecule has 0 amide bonds. The highest BCUT2D eigenvalue weighted by molar-refractivity contribution is 8.18. The molecule has 3 rings (SSSR count). The van der Waals surface area contributed by atoms with Crippen molar-refractivity contribution in [2.75, 3.05) is 5.08 Å². The van der Waals surface area contributed by atoms with Gasteiger partial charge in [0, 0.05) is 18.0 Å². The minimum Gasteiger partial charge on any atom is -0.268 e. The van der Waals surface area contributed by atoms with Gasteiger partial charge in [-0.1, -0.05) is 74.5 Å². The first kappa shape index (κ1) is 23.0. The Kier molecular flexibility index (Phi) is 11.4. The van der Waals surface area contributed by atoms with Crippen molar-refractivity contribution >= 4 is 56.6 Å². The lowest BCUT2D eigenvalue weighted by Crippen LogP contribution is -2.11. The first-order chi connectivity index (χ1) is 13.7. The number of unbranched alkanes of at least 4 members (excludes halogenated alkanes) is 5. The summed E-state index contributed by atoms with van der Waals surface area (Å²) in [6.07, 6.45) is 7.70. The van der Waals surface area contributed by atoms with Crippen LogP contribution in [0.25, 0.3) is 10.2 Å². The number of fused-ring (bicyclic) bond motifs is 1. The van der Waals surface area contributed by atoms with Crippen LogP contribution in [0.2, 0.25) is 0 Å². The van der Waals surface area contributed by atoms with Crippen LogP contribution in [0.5, 0.6) is 0 Å². The highest BCUT2D eigenvalue weighted by atomic mass is 32.2. The Labute approximate surface area is 183 Å². The van der Waals surface area contributed by atoms with E-state index in [1.807, 2.05) is 32.9 Å². The molecule has 2 heterocycles. The van der Waals surface area contributed by atoms with E-state index in [-0.39, 0.29) is 5.56 Å². The molecule has 0 bridgehead atoms. The second-order valence-corrected chi connectivity index (χ2v) is 10.4. The highest BCUT2D eigenvalue weighted by Gasteiger charge is 2.02. The molecule has 4 nitrogen and oxygen atoms in total. The smallest absolute Gasteiger partial charge is 0.260 e. The van der Waals surface area contributed by atoms with Gasteiger partial charge in [-0.2, -0.15) is 5.26 Å². The molecule has 0 atom stereocenters. The number of rotatable bonds is 10. The Morgan fingerprint density at radius 2 is 1.93 bits per heavy atom. The van der Waals surface area contributed by atoms with Gasteiger partial charge in [-0.15, -0.1) is 11.3 Å². The van der Waals surface area contributed by atoms with E-state index in [4.69, 9.17) is 5.26 Å². The summed E-state index contributed by atoms with van der Waals surface area (Å²) in [5, 5.41) is 13.0. The molecule has 2 aromatic heterocycles. The zero-order valence-corrected chi connectivity index (χ0v) is 19.3. The molecule has 0 unspecified atom stereocenters. The monoisotopic (exact) mass is 451 g/mol. The molecule has 0 fully saturated rings. The predicted molar refractivity (Wildman–Crippen MR) is 126 cm³/mol. The Hall–Kier alpha value is -1.27. The minimum absolute atomic E-state index is 0.156. The van der Waals surface area contributed by atoms with Gasteiger partial charge in [-0.05, 0) is 30.3 Å². The molecule has 0 aliphatic carbocycles. The van der Waals surface area contributed by atoms with Gasteiger partial charge in [0.25, 0.3) is 5.56 Å². The second-order valence-electron chi connectivity index (χ2n) is 6.06. The van der Waals surface area contributed by atoms with Crippen molar-refractivity contribution in [2.45, 2.75) is 56.3 Å². The lowest BCUT2D eigenvalue weighted by atomic mass is 10.1. The quantitative estimate of drug-likeness (QED) is 0.146. The number of para-hydroxylation sites is 1. The Balaban J connectivity index is 0.000000200. The van der Waals surface area contributed by atoms with Crippen molar-refractivity contribution in [1.82, 2.24) is 8.94 Å². The van der Waals surface area contributed by atoms with E-state index >= 15 is 0 Å². The Morgan fingerprint density at radius 3 is 2.64 bits per heavy atom. The topological polar surface area (TPSA) is 58.7 Å². The van der Waals surface area contributed by atoms with Gasteiger partial charge in [0.2, 0.25) is 0 Å². The maximum absolute atomic E-state index is 11.2. The van der Waals surface area contributed by atoms with Crippen LogP contribution in [0.3, 0.4) is 0 Å². The number of benzene rings is 1. The van der Waals surface area contributed by atoms with Crippen molar-refractivity contribution < 1.29 is 0 Å². The minimum atomic E-state index is 0.156. The molecular weight excluding hydrogens is 427 g/mol. The standard InChI is InChI=1S/C11H19NOS.C9H6N2S3/c1-2-3-4-5-6-7-9-12-11(13)8-10-14-12;10-5-12-6-13-9-11-7-3-1-2-4-8(7)14-9/h8,10H,2-7,9H2,1H3;1-4H,6H2. The number of nitrogens with zero attached hydrogens (tertiary/aromatic N) is 3. The summed E-state index contributed by atoms with van der Waals surface area (Å²) in [7, 11) is 0. The average Bonchev–Trinajstić information content (AvgIpc) is 3.31. The molecule has 3 aromatic rings. The number of thiocyanates is 1. The Bertz CT molecular complexity index is 877. The van der Waals surface area contributed by atoms with E-state index < -0.39 is 0 Å². The molecule has 150 valence electrons. The third kappa shape index (κ3) is 8.39. The van der Waals surface area contributed by atoms with Crippen LogP contribution in [0.4, 0.5) is 0 Å². The molecular formula is C20H25N3OS4. The van der Waals surface area contributed by atoms with Crippen LogP contribution in [0.15, 0.2) is 44.8 Å². The molecule has 1 aromatic carbocycles. The number of aromatic nitrogens is 2. The van der Waals surface area contributed by atoms with Crippen molar-refractivity contribution in [1.29, 1.82) is 5.26 Å². The summed E-state index contributed by atoms with van der Waals surface area (Å²) in [5.74, 6) is 0. The zero-order valence-electron chi connectivity index (χ0n) is 16.0. The molecule has 0 aliphatic rings. The maximum atomic E-state index is 11.2. The summed E-state index contributed by atoms with van der Waals surface area (Å²) in [4.78, 5) is 15.6. The summed E-state index contributed by atoms with van der Waals surface area (Å²) in [6, 6.07) is 9.71.